The number of thioether (sulfide) groups is 1. The fourth-order valence-electron chi connectivity index (χ4n) is 3.75. The van der Waals surface area contributed by atoms with E-state index in [1.807, 2.05) is 11.8 Å². The molecule has 0 aliphatic carbocycles. The summed E-state index contributed by atoms with van der Waals surface area (Å²) in [6.45, 7) is 6.02. The fraction of sp³-hybridized carbons (Fsp3) is 0.864. The van der Waals surface area contributed by atoms with Gasteiger partial charge in [0.1, 0.15) is 0 Å². The number of rotatable bonds is 19. The molecule has 0 bridgehead atoms. The first-order valence-corrected chi connectivity index (χ1v) is 13.0. The van der Waals surface area contributed by atoms with Crippen LogP contribution >= 0.6 is 11.8 Å². The second-order valence-electron chi connectivity index (χ2n) is 8.24. The van der Waals surface area contributed by atoms with Crippen LogP contribution in [0.1, 0.15) is 45.4 Å². The van der Waals surface area contributed by atoms with Crippen molar-refractivity contribution in [1.29, 1.82) is 0 Å². The molecule has 2 aliphatic heterocycles. The van der Waals surface area contributed by atoms with Crippen LogP contribution in [0.2, 0.25) is 0 Å². The minimum atomic E-state index is -0.0522. The number of fused-ring (bicyclic) bond motifs is 1. The molecule has 3 atom stereocenters. The van der Waals surface area contributed by atoms with E-state index in [1.54, 1.807) is 0 Å². The Hall–Kier alpha value is -1.56. The van der Waals surface area contributed by atoms with Gasteiger partial charge in [-0.3, -0.25) is 9.59 Å². The fourth-order valence-corrected chi connectivity index (χ4v) is 5.29. The Kier molecular flexibility index (Phi) is 14.2. The Balaban J connectivity index is 1.28. The van der Waals surface area contributed by atoms with Gasteiger partial charge in [-0.1, -0.05) is 6.42 Å². The summed E-state index contributed by atoms with van der Waals surface area (Å²) < 4.78 is 16.3. The molecule has 4 amide bonds. The predicted molar refractivity (Wildman–Crippen MR) is 127 cm³/mol. The Morgan fingerprint density at radius 3 is 2.21 bits per heavy atom. The number of hydrogen-bond donors (Lipinski definition) is 4. The number of nitrogens with one attached hydrogen (secondary N) is 4. The first-order valence-electron chi connectivity index (χ1n) is 12.0. The molecule has 0 radical (unpaired) electrons. The topological polar surface area (TPSA) is 127 Å². The molecule has 2 fully saturated rings. The zero-order valence-electron chi connectivity index (χ0n) is 19.7. The van der Waals surface area contributed by atoms with Gasteiger partial charge in [0.25, 0.3) is 0 Å². The second-order valence-corrected chi connectivity index (χ2v) is 9.52. The van der Waals surface area contributed by atoms with Gasteiger partial charge in [0.05, 0.1) is 38.5 Å². The van der Waals surface area contributed by atoms with Crippen molar-refractivity contribution in [3.05, 3.63) is 0 Å². The van der Waals surface area contributed by atoms with E-state index in [-0.39, 0.29) is 29.9 Å². The molecule has 0 aromatic carbocycles. The van der Waals surface area contributed by atoms with Crippen molar-refractivity contribution < 1.29 is 28.6 Å². The number of carbonyl (C=O) groups excluding carboxylic acids is 3. The molecule has 33 heavy (non-hydrogen) atoms. The van der Waals surface area contributed by atoms with Crippen molar-refractivity contribution in [1.82, 2.24) is 21.3 Å². The maximum absolute atomic E-state index is 11.9. The van der Waals surface area contributed by atoms with Crippen molar-refractivity contribution in [3.63, 3.8) is 0 Å². The van der Waals surface area contributed by atoms with E-state index < -0.39 is 0 Å². The van der Waals surface area contributed by atoms with Crippen LogP contribution in [0.15, 0.2) is 0 Å². The minimum Gasteiger partial charge on any atom is -0.379 e. The second kappa shape index (κ2) is 17.0. The number of carbonyl (C=O) groups is 3. The Morgan fingerprint density at radius 1 is 0.909 bits per heavy atom. The highest BCUT2D eigenvalue weighted by atomic mass is 32.2. The summed E-state index contributed by atoms with van der Waals surface area (Å²) in [5.74, 6) is 1.03. The number of amides is 4. The molecule has 0 spiro atoms. The highest BCUT2D eigenvalue weighted by Crippen LogP contribution is 2.33. The number of unbranched alkanes of at least 4 members (excludes halogenated alkanes) is 1. The van der Waals surface area contributed by atoms with Crippen LogP contribution < -0.4 is 21.3 Å². The van der Waals surface area contributed by atoms with E-state index in [4.69, 9.17) is 14.2 Å². The lowest BCUT2D eigenvalue weighted by molar-refractivity contribution is -0.121. The van der Waals surface area contributed by atoms with Crippen molar-refractivity contribution in [2.24, 2.45) is 0 Å². The summed E-state index contributed by atoms with van der Waals surface area (Å²) in [6.07, 6.45) is 5.00. The third-order valence-corrected chi connectivity index (χ3v) is 6.96. The number of ether oxygens (including phenoxy) is 3. The van der Waals surface area contributed by atoms with Gasteiger partial charge in [-0.25, -0.2) is 4.79 Å². The van der Waals surface area contributed by atoms with Gasteiger partial charge >= 0.3 is 6.03 Å². The smallest absolute Gasteiger partial charge is 0.315 e. The molecule has 2 rings (SSSR count). The van der Waals surface area contributed by atoms with Crippen LogP contribution in [0.5, 0.6) is 0 Å². The van der Waals surface area contributed by atoms with Crippen molar-refractivity contribution in [2.75, 3.05) is 58.5 Å². The van der Waals surface area contributed by atoms with Gasteiger partial charge in [0, 0.05) is 50.7 Å². The minimum absolute atomic E-state index is 0.0241. The van der Waals surface area contributed by atoms with Crippen LogP contribution in [0.4, 0.5) is 4.79 Å². The largest absolute Gasteiger partial charge is 0.379 e. The molecular weight excluding hydrogens is 448 g/mol. The SMILES string of the molecule is CC(=O)NCCCOCCOCCOCCCNC(=O)CCCC[C@H]1SC[C@H]2NC(=O)N[C@H]21. The highest BCUT2D eigenvalue weighted by molar-refractivity contribution is 8.00. The quantitative estimate of drug-likeness (QED) is 0.156. The monoisotopic (exact) mass is 488 g/mol. The van der Waals surface area contributed by atoms with Gasteiger partial charge in [-0.2, -0.15) is 11.8 Å². The first-order chi connectivity index (χ1) is 16.1. The average Bonchev–Trinajstić information content (AvgIpc) is 3.33. The van der Waals surface area contributed by atoms with Gasteiger partial charge in [0.15, 0.2) is 0 Å². The van der Waals surface area contributed by atoms with Crippen LogP contribution in [-0.2, 0) is 23.8 Å². The van der Waals surface area contributed by atoms with Gasteiger partial charge in [-0.05, 0) is 25.7 Å². The lowest BCUT2D eigenvalue weighted by Crippen LogP contribution is -2.36. The summed E-state index contributed by atoms with van der Waals surface area (Å²) in [5.41, 5.74) is 0. The van der Waals surface area contributed by atoms with Crippen LogP contribution in [0.25, 0.3) is 0 Å². The molecule has 0 unspecified atom stereocenters. The summed E-state index contributed by atoms with van der Waals surface area (Å²) in [5, 5.41) is 12.1. The van der Waals surface area contributed by atoms with Crippen LogP contribution in [0.3, 0.4) is 0 Å². The predicted octanol–water partition coefficient (Wildman–Crippen LogP) is 0.795. The average molecular weight is 489 g/mol. The summed E-state index contributed by atoms with van der Waals surface area (Å²) >= 11 is 1.91. The van der Waals surface area contributed by atoms with E-state index >= 15 is 0 Å². The highest BCUT2D eigenvalue weighted by Gasteiger charge is 2.42. The summed E-state index contributed by atoms with van der Waals surface area (Å²) in [4.78, 5) is 34.0. The number of hydrogen-bond acceptors (Lipinski definition) is 7. The molecular formula is C22H40N4O6S. The van der Waals surface area contributed by atoms with E-state index in [0.717, 1.165) is 37.9 Å². The lowest BCUT2D eigenvalue weighted by atomic mass is 10.0. The standard InChI is InChI=1S/C22H40N4O6S/c1-17(27)23-8-4-10-30-12-14-32-15-13-31-11-5-9-24-20(28)7-3-2-6-19-21-18(16-33-19)25-22(29)26-21/h18-19,21H,2-16H2,1H3,(H,23,27)(H,24,28)(H2,25,26,29)/t18-,19-,21-/m1/s1. The lowest BCUT2D eigenvalue weighted by Gasteiger charge is -2.16. The maximum atomic E-state index is 11.9. The third-order valence-electron chi connectivity index (χ3n) is 5.45. The van der Waals surface area contributed by atoms with Crippen molar-refractivity contribution in [2.45, 2.75) is 62.8 Å². The molecule has 4 N–H and O–H groups in total. The molecule has 2 heterocycles. The van der Waals surface area contributed by atoms with Crippen LogP contribution in [0, 0.1) is 0 Å². The third kappa shape index (κ3) is 12.5. The van der Waals surface area contributed by atoms with E-state index in [2.05, 4.69) is 21.3 Å². The zero-order valence-corrected chi connectivity index (χ0v) is 20.5. The molecule has 0 aromatic rings. The van der Waals surface area contributed by atoms with E-state index in [1.165, 1.54) is 6.92 Å². The van der Waals surface area contributed by atoms with Gasteiger partial charge < -0.3 is 35.5 Å². The summed E-state index contributed by atoms with van der Waals surface area (Å²) in [6, 6.07) is 0.447. The zero-order chi connectivity index (χ0) is 23.7. The normalized spacial score (nSPS) is 21.4. The maximum Gasteiger partial charge on any atom is 0.315 e. The summed E-state index contributed by atoms with van der Waals surface area (Å²) in [7, 11) is 0. The van der Waals surface area contributed by atoms with Crippen molar-refractivity contribution >= 4 is 29.6 Å². The molecule has 190 valence electrons. The van der Waals surface area contributed by atoms with Gasteiger partial charge in [0.2, 0.25) is 11.8 Å². The van der Waals surface area contributed by atoms with E-state index in [0.29, 0.717) is 64.4 Å². The van der Waals surface area contributed by atoms with E-state index in [9.17, 15) is 14.4 Å². The molecule has 2 saturated heterocycles. The van der Waals surface area contributed by atoms with Crippen LogP contribution in [-0.4, -0.2) is 93.7 Å². The first kappa shape index (κ1) is 27.7. The molecule has 10 nitrogen and oxygen atoms in total. The molecule has 0 saturated carbocycles. The Bertz CT molecular complexity index is 597. The number of urea groups is 1. The Labute approximate surface area is 201 Å². The molecule has 0 aromatic heterocycles. The molecule has 11 heteroatoms. The van der Waals surface area contributed by atoms with Gasteiger partial charge in [-0.15, -0.1) is 0 Å². The Morgan fingerprint density at radius 2 is 1.55 bits per heavy atom. The van der Waals surface area contributed by atoms with Crippen molar-refractivity contribution in [3.8, 4) is 0 Å². The molecule has 2 aliphatic rings.